The Kier molecular flexibility index (Phi) is 5.93. The number of nitrogens with one attached hydrogen (secondary N) is 2. The molecular formula is C23H29FN6O2. The smallest absolute Gasteiger partial charge is 0.224 e. The highest BCUT2D eigenvalue weighted by Crippen LogP contribution is 2.35. The predicted molar refractivity (Wildman–Crippen MR) is 121 cm³/mol. The summed E-state index contributed by atoms with van der Waals surface area (Å²) in [6, 6.07) is 5.39. The lowest BCUT2D eigenvalue weighted by atomic mass is 9.93. The van der Waals surface area contributed by atoms with Gasteiger partial charge in [0.2, 0.25) is 11.9 Å². The van der Waals surface area contributed by atoms with Crippen LogP contribution in [0.5, 0.6) is 0 Å². The average Bonchev–Trinajstić information content (AvgIpc) is 3.15. The lowest BCUT2D eigenvalue weighted by Gasteiger charge is -2.28. The predicted octanol–water partition coefficient (Wildman–Crippen LogP) is 4.08. The van der Waals surface area contributed by atoms with E-state index < -0.39 is 0 Å². The molecule has 8 nitrogen and oxygen atoms in total. The zero-order valence-corrected chi connectivity index (χ0v) is 18.2. The highest BCUT2D eigenvalue weighted by atomic mass is 19.1. The molecule has 1 aliphatic heterocycles. The number of hydrogen-bond donors (Lipinski definition) is 3. The van der Waals surface area contributed by atoms with Crippen molar-refractivity contribution < 1.29 is 14.2 Å². The molecule has 2 aromatic heterocycles. The third-order valence-corrected chi connectivity index (χ3v) is 6.48. The van der Waals surface area contributed by atoms with Crippen LogP contribution in [0.15, 0.2) is 24.4 Å². The van der Waals surface area contributed by atoms with Crippen LogP contribution in [0.25, 0.3) is 11.2 Å². The van der Waals surface area contributed by atoms with Crippen LogP contribution in [-0.2, 0) is 4.74 Å². The molecule has 3 N–H and O–H groups in total. The summed E-state index contributed by atoms with van der Waals surface area (Å²) in [7, 11) is 0. The minimum Gasteiger partial charge on any atom is -0.393 e. The molecule has 1 aromatic carbocycles. The third-order valence-electron chi connectivity index (χ3n) is 6.48. The Bertz CT molecular complexity index is 1070. The number of nitrogens with zero attached hydrogens (tertiary/aromatic N) is 4. The maximum Gasteiger partial charge on any atom is 0.224 e. The Hall–Kier alpha value is -2.78. The minimum absolute atomic E-state index is 0.115. The average molecular weight is 441 g/mol. The number of para-hydroxylation sites is 1. The Morgan fingerprint density at radius 1 is 1.09 bits per heavy atom. The molecule has 170 valence electrons. The van der Waals surface area contributed by atoms with Gasteiger partial charge in [-0.1, -0.05) is 12.1 Å². The molecular weight excluding hydrogens is 411 g/mol. The van der Waals surface area contributed by atoms with Gasteiger partial charge in [0.25, 0.3) is 0 Å². The van der Waals surface area contributed by atoms with Gasteiger partial charge in [-0.05, 0) is 57.1 Å². The minimum atomic E-state index is -0.323. The first-order valence-electron chi connectivity index (χ1n) is 11.4. The Labute approximate surface area is 186 Å². The van der Waals surface area contributed by atoms with Crippen molar-refractivity contribution in [2.24, 2.45) is 0 Å². The number of anilines is 3. The van der Waals surface area contributed by atoms with E-state index in [-0.39, 0.29) is 24.0 Å². The maximum absolute atomic E-state index is 14.6. The largest absolute Gasteiger partial charge is 0.393 e. The SMILES string of the molecule is Cc1cccc(F)c1Nc1nc2cnc(NC3CCOCC3)nc2n1C1CCC(O)CC1. The zero-order chi connectivity index (χ0) is 22.1. The van der Waals surface area contributed by atoms with Gasteiger partial charge >= 0.3 is 0 Å². The van der Waals surface area contributed by atoms with E-state index in [9.17, 15) is 9.50 Å². The zero-order valence-electron chi connectivity index (χ0n) is 18.2. The van der Waals surface area contributed by atoms with Crippen molar-refractivity contribution in [1.29, 1.82) is 0 Å². The van der Waals surface area contributed by atoms with Crippen molar-refractivity contribution in [3.05, 3.63) is 35.8 Å². The fourth-order valence-electron chi connectivity index (χ4n) is 4.64. The summed E-state index contributed by atoms with van der Waals surface area (Å²) in [5.41, 5.74) is 2.58. The molecule has 0 unspecified atom stereocenters. The number of aromatic nitrogens is 4. The summed E-state index contributed by atoms with van der Waals surface area (Å²) in [6.07, 6.45) is 6.35. The second-order valence-corrected chi connectivity index (χ2v) is 8.76. The normalized spacial score (nSPS) is 22.2. The van der Waals surface area contributed by atoms with Crippen LogP contribution >= 0.6 is 0 Å². The number of ether oxygens (including phenoxy) is 1. The molecule has 0 bridgehead atoms. The lowest BCUT2D eigenvalue weighted by molar-refractivity contribution is 0.0903. The van der Waals surface area contributed by atoms with E-state index in [1.54, 1.807) is 12.3 Å². The van der Waals surface area contributed by atoms with E-state index >= 15 is 0 Å². The number of aliphatic hydroxyl groups is 1. The molecule has 2 aliphatic rings. The van der Waals surface area contributed by atoms with Gasteiger partial charge in [-0.3, -0.25) is 4.57 Å². The number of benzene rings is 1. The van der Waals surface area contributed by atoms with Crippen molar-refractivity contribution in [1.82, 2.24) is 19.5 Å². The first kappa shape index (κ1) is 21.1. The molecule has 9 heteroatoms. The summed E-state index contributed by atoms with van der Waals surface area (Å²) in [5.74, 6) is 0.790. The lowest BCUT2D eigenvalue weighted by Crippen LogP contribution is -2.28. The van der Waals surface area contributed by atoms with Gasteiger partial charge in [0.05, 0.1) is 18.0 Å². The summed E-state index contributed by atoms with van der Waals surface area (Å²) < 4.78 is 22.1. The van der Waals surface area contributed by atoms with Crippen LogP contribution in [0.3, 0.4) is 0 Å². The number of aliphatic hydroxyl groups excluding tert-OH is 1. The second kappa shape index (κ2) is 8.99. The van der Waals surface area contributed by atoms with Crippen LogP contribution in [0.2, 0.25) is 0 Å². The van der Waals surface area contributed by atoms with Gasteiger partial charge in [0.1, 0.15) is 11.3 Å². The van der Waals surface area contributed by atoms with Crippen LogP contribution in [-0.4, -0.2) is 50.0 Å². The van der Waals surface area contributed by atoms with Crippen molar-refractivity contribution in [3.8, 4) is 0 Å². The molecule has 3 heterocycles. The summed E-state index contributed by atoms with van der Waals surface area (Å²) in [5, 5.41) is 16.6. The molecule has 0 spiro atoms. The van der Waals surface area contributed by atoms with Gasteiger partial charge in [-0.2, -0.15) is 4.98 Å². The quantitative estimate of drug-likeness (QED) is 0.550. The van der Waals surface area contributed by atoms with E-state index in [0.29, 0.717) is 28.7 Å². The molecule has 3 aromatic rings. The van der Waals surface area contributed by atoms with E-state index in [1.807, 2.05) is 13.0 Å². The van der Waals surface area contributed by atoms with Crippen LogP contribution in [0, 0.1) is 12.7 Å². The third kappa shape index (κ3) is 4.27. The molecule has 2 fully saturated rings. The molecule has 0 amide bonds. The van der Waals surface area contributed by atoms with E-state index in [1.165, 1.54) is 6.07 Å². The molecule has 1 saturated carbocycles. The first-order chi connectivity index (χ1) is 15.6. The van der Waals surface area contributed by atoms with Crippen molar-refractivity contribution in [3.63, 3.8) is 0 Å². The highest BCUT2D eigenvalue weighted by Gasteiger charge is 2.27. The van der Waals surface area contributed by atoms with Gasteiger partial charge in [-0.25, -0.2) is 14.4 Å². The first-order valence-corrected chi connectivity index (χ1v) is 11.4. The molecule has 0 atom stereocenters. The summed E-state index contributed by atoms with van der Waals surface area (Å²) in [4.78, 5) is 14.0. The molecule has 1 saturated heterocycles. The molecule has 1 aliphatic carbocycles. The monoisotopic (exact) mass is 440 g/mol. The number of hydrogen-bond acceptors (Lipinski definition) is 7. The Morgan fingerprint density at radius 2 is 1.88 bits per heavy atom. The van der Waals surface area contributed by atoms with Crippen LogP contribution in [0.4, 0.5) is 22.0 Å². The fraction of sp³-hybridized carbons (Fsp3) is 0.522. The van der Waals surface area contributed by atoms with Gasteiger partial charge in [0, 0.05) is 25.3 Å². The van der Waals surface area contributed by atoms with E-state index in [2.05, 4.69) is 20.2 Å². The van der Waals surface area contributed by atoms with Gasteiger partial charge < -0.3 is 20.5 Å². The standard InChI is InChI=1S/C23H29FN6O2/c1-14-3-2-4-18(24)20(14)28-23-27-19-13-25-22(26-15-9-11-32-12-10-15)29-21(19)30(23)16-5-7-17(31)8-6-16/h2-4,13,15-17,31H,5-12H2,1H3,(H,27,28)(H,25,26,29). The van der Waals surface area contributed by atoms with E-state index in [4.69, 9.17) is 14.7 Å². The topological polar surface area (TPSA) is 97.1 Å². The summed E-state index contributed by atoms with van der Waals surface area (Å²) >= 11 is 0. The van der Waals surface area contributed by atoms with Gasteiger partial charge in [0.15, 0.2) is 5.65 Å². The van der Waals surface area contributed by atoms with Crippen LogP contribution in [0.1, 0.15) is 50.1 Å². The van der Waals surface area contributed by atoms with Crippen molar-refractivity contribution in [2.75, 3.05) is 23.8 Å². The van der Waals surface area contributed by atoms with Crippen molar-refractivity contribution >= 4 is 28.7 Å². The number of halogens is 1. The van der Waals surface area contributed by atoms with Crippen LogP contribution < -0.4 is 10.6 Å². The number of fused-ring (bicyclic) bond motifs is 1. The van der Waals surface area contributed by atoms with Crippen molar-refractivity contribution in [2.45, 2.75) is 63.6 Å². The number of rotatable bonds is 5. The number of aryl methyl sites for hydroxylation is 1. The fourth-order valence-corrected chi connectivity index (χ4v) is 4.64. The van der Waals surface area contributed by atoms with Gasteiger partial charge in [-0.15, -0.1) is 0 Å². The van der Waals surface area contributed by atoms with E-state index in [0.717, 1.165) is 57.3 Å². The molecule has 0 radical (unpaired) electrons. The second-order valence-electron chi connectivity index (χ2n) is 8.76. The molecule has 5 rings (SSSR count). The maximum atomic E-state index is 14.6. The summed E-state index contributed by atoms with van der Waals surface area (Å²) in [6.45, 7) is 3.34. The molecule has 32 heavy (non-hydrogen) atoms. The Morgan fingerprint density at radius 3 is 2.62 bits per heavy atom. The highest BCUT2D eigenvalue weighted by molar-refractivity contribution is 5.77. The Balaban J connectivity index is 1.53. The number of imidazole rings is 1.